The van der Waals surface area contributed by atoms with Gasteiger partial charge in [-0.3, -0.25) is 0 Å². The molecule has 3 rings (SSSR count). The summed E-state index contributed by atoms with van der Waals surface area (Å²) in [6, 6.07) is 5.53. The average Bonchev–Trinajstić information content (AvgIpc) is 2.81. The van der Waals surface area contributed by atoms with Gasteiger partial charge in [-0.2, -0.15) is 4.31 Å². The van der Waals surface area contributed by atoms with Gasteiger partial charge >= 0.3 is 0 Å². The van der Waals surface area contributed by atoms with Crippen molar-refractivity contribution >= 4 is 19.9 Å². The van der Waals surface area contributed by atoms with Gasteiger partial charge in [-0.15, -0.1) is 0 Å². The molecule has 26 heavy (non-hydrogen) atoms. The topological polar surface area (TPSA) is 74.8 Å². The number of nitrogens with zero attached hydrogens (tertiary/aromatic N) is 2. The van der Waals surface area contributed by atoms with Gasteiger partial charge in [-0.25, -0.2) is 16.8 Å². The first-order chi connectivity index (χ1) is 11.8. The number of sulfonamides is 1. The third-order valence-corrected chi connectivity index (χ3v) is 8.84. The molecule has 1 saturated carbocycles. The van der Waals surface area contributed by atoms with Crippen molar-refractivity contribution in [3.05, 3.63) is 24.3 Å². The maximum atomic E-state index is 13.1. The van der Waals surface area contributed by atoms with Gasteiger partial charge in [0.25, 0.3) is 0 Å². The van der Waals surface area contributed by atoms with E-state index in [1.165, 1.54) is 24.3 Å². The lowest BCUT2D eigenvalue weighted by Gasteiger charge is -2.57. The van der Waals surface area contributed by atoms with Crippen LogP contribution < -0.4 is 0 Å². The van der Waals surface area contributed by atoms with Crippen LogP contribution in [0.3, 0.4) is 0 Å². The van der Waals surface area contributed by atoms with Crippen molar-refractivity contribution in [3.63, 3.8) is 0 Å². The normalized spacial score (nSPS) is 28.8. The van der Waals surface area contributed by atoms with Crippen LogP contribution in [0.15, 0.2) is 34.1 Å². The Labute approximate surface area is 157 Å². The lowest BCUT2D eigenvalue weighted by molar-refractivity contribution is -0.0789. The van der Waals surface area contributed by atoms with Gasteiger partial charge in [0.05, 0.1) is 9.79 Å². The zero-order valence-corrected chi connectivity index (χ0v) is 17.7. The molecule has 2 atom stereocenters. The molecule has 6 nitrogen and oxygen atoms in total. The Bertz CT molecular complexity index is 901. The van der Waals surface area contributed by atoms with Crippen molar-refractivity contribution < 1.29 is 16.8 Å². The minimum atomic E-state index is -3.63. The third kappa shape index (κ3) is 3.21. The highest BCUT2D eigenvalue weighted by atomic mass is 32.2. The standard InChI is InChI=1S/C18H28N2O4S2/c1-17(2)11-18(12-19(3)4)13-20(10-16(17)18)26(23,24)15-8-6-14(7-9-15)25(5,21)22/h6-9,16H,10-13H2,1-5H3/t16-,18+/m1/s1. The number of sulfone groups is 1. The van der Waals surface area contributed by atoms with Crippen molar-refractivity contribution in [3.8, 4) is 0 Å². The Morgan fingerprint density at radius 1 is 1.08 bits per heavy atom. The van der Waals surface area contributed by atoms with E-state index < -0.39 is 19.9 Å². The monoisotopic (exact) mass is 400 g/mol. The van der Waals surface area contributed by atoms with E-state index in [4.69, 9.17) is 0 Å². The van der Waals surface area contributed by atoms with E-state index in [1.54, 1.807) is 4.31 Å². The highest BCUT2D eigenvalue weighted by molar-refractivity contribution is 7.90. The molecule has 1 aliphatic carbocycles. The lowest BCUT2D eigenvalue weighted by Crippen LogP contribution is -2.57. The molecular weight excluding hydrogens is 372 g/mol. The summed E-state index contributed by atoms with van der Waals surface area (Å²) < 4.78 is 51.0. The van der Waals surface area contributed by atoms with Gasteiger partial charge in [0.15, 0.2) is 9.84 Å². The van der Waals surface area contributed by atoms with Gasteiger partial charge in [0.1, 0.15) is 0 Å². The zero-order chi connectivity index (χ0) is 19.5. The quantitative estimate of drug-likeness (QED) is 0.752. The van der Waals surface area contributed by atoms with Crippen molar-refractivity contribution in [2.75, 3.05) is 40.0 Å². The first-order valence-electron chi connectivity index (χ1n) is 8.73. The predicted molar refractivity (Wildman–Crippen MR) is 101 cm³/mol. The molecule has 0 spiro atoms. The molecule has 2 fully saturated rings. The van der Waals surface area contributed by atoms with Gasteiger partial charge in [0.2, 0.25) is 10.0 Å². The summed E-state index contributed by atoms with van der Waals surface area (Å²) in [6.45, 7) is 6.35. The van der Waals surface area contributed by atoms with E-state index in [2.05, 4.69) is 18.7 Å². The summed E-state index contributed by atoms with van der Waals surface area (Å²) in [4.78, 5) is 2.42. The van der Waals surface area contributed by atoms with Crippen LogP contribution in [0.4, 0.5) is 0 Å². The molecule has 146 valence electrons. The summed E-state index contributed by atoms with van der Waals surface area (Å²) >= 11 is 0. The SMILES string of the molecule is CN(C)C[C@@]12CN(S(=O)(=O)c3ccc(S(C)(=O)=O)cc3)C[C@@H]1C(C)(C)C2. The second-order valence-corrected chi connectivity index (χ2v) is 12.8. The number of fused-ring (bicyclic) bond motifs is 1. The molecule has 2 aliphatic rings. The van der Waals surface area contributed by atoms with Crippen LogP contribution in [0.1, 0.15) is 20.3 Å². The smallest absolute Gasteiger partial charge is 0.243 e. The molecule has 1 saturated heterocycles. The van der Waals surface area contributed by atoms with Crippen LogP contribution in [0.5, 0.6) is 0 Å². The number of hydrogen-bond acceptors (Lipinski definition) is 5. The molecule has 8 heteroatoms. The highest BCUT2D eigenvalue weighted by Gasteiger charge is 2.64. The van der Waals surface area contributed by atoms with Crippen LogP contribution in [-0.4, -0.2) is 66.0 Å². The lowest BCUT2D eigenvalue weighted by atomic mass is 9.48. The fraction of sp³-hybridized carbons (Fsp3) is 0.667. The van der Waals surface area contributed by atoms with Gasteiger partial charge in [0, 0.05) is 31.3 Å². The van der Waals surface area contributed by atoms with Crippen LogP contribution in [-0.2, 0) is 19.9 Å². The van der Waals surface area contributed by atoms with E-state index >= 15 is 0 Å². The predicted octanol–water partition coefficient (Wildman–Crippen LogP) is 1.69. The van der Waals surface area contributed by atoms with Crippen LogP contribution in [0.2, 0.25) is 0 Å². The van der Waals surface area contributed by atoms with Crippen LogP contribution in [0.25, 0.3) is 0 Å². The molecule has 0 amide bonds. The summed E-state index contributed by atoms with van der Waals surface area (Å²) in [5, 5.41) is 0. The molecular formula is C18H28N2O4S2. The summed E-state index contributed by atoms with van der Waals surface area (Å²) in [5.41, 5.74) is 0.146. The molecule has 1 aliphatic heterocycles. The van der Waals surface area contributed by atoms with Gasteiger partial charge in [-0.1, -0.05) is 13.8 Å². The Hall–Kier alpha value is -0.960. The second-order valence-electron chi connectivity index (χ2n) is 8.86. The zero-order valence-electron chi connectivity index (χ0n) is 16.1. The molecule has 0 radical (unpaired) electrons. The molecule has 0 N–H and O–H groups in total. The molecule has 0 unspecified atom stereocenters. The van der Waals surface area contributed by atoms with E-state index in [-0.39, 0.29) is 20.6 Å². The maximum absolute atomic E-state index is 13.1. The molecule has 1 heterocycles. The van der Waals surface area contributed by atoms with Gasteiger partial charge < -0.3 is 4.90 Å². The van der Waals surface area contributed by atoms with E-state index in [9.17, 15) is 16.8 Å². The average molecular weight is 401 g/mol. The number of benzene rings is 1. The van der Waals surface area contributed by atoms with E-state index in [0.29, 0.717) is 19.0 Å². The maximum Gasteiger partial charge on any atom is 0.243 e. The summed E-state index contributed by atoms with van der Waals surface area (Å²) in [6.07, 6.45) is 2.13. The third-order valence-electron chi connectivity index (χ3n) is 5.89. The van der Waals surface area contributed by atoms with Crippen molar-refractivity contribution in [1.82, 2.24) is 9.21 Å². The van der Waals surface area contributed by atoms with Crippen LogP contribution in [0, 0.1) is 16.7 Å². The molecule has 0 aromatic heterocycles. The number of rotatable bonds is 5. The summed E-state index contributed by atoms with van der Waals surface area (Å²) in [7, 11) is -2.92. The van der Waals surface area contributed by atoms with E-state index in [0.717, 1.165) is 19.2 Å². The largest absolute Gasteiger partial charge is 0.309 e. The molecule has 1 aromatic carbocycles. The fourth-order valence-corrected chi connectivity index (χ4v) is 7.30. The highest BCUT2D eigenvalue weighted by Crippen LogP contribution is 2.63. The Balaban J connectivity index is 1.89. The Morgan fingerprint density at radius 3 is 2.08 bits per heavy atom. The Kier molecular flexibility index (Phi) is 4.58. The Morgan fingerprint density at radius 2 is 1.62 bits per heavy atom. The molecule has 1 aromatic rings. The fourth-order valence-electron chi connectivity index (χ4n) is 5.11. The minimum Gasteiger partial charge on any atom is -0.309 e. The first-order valence-corrected chi connectivity index (χ1v) is 12.1. The van der Waals surface area contributed by atoms with Crippen LogP contribution >= 0.6 is 0 Å². The number of hydrogen-bond donors (Lipinski definition) is 0. The second kappa shape index (κ2) is 6.02. The summed E-state index contributed by atoms with van der Waals surface area (Å²) in [5.74, 6) is 0.336. The van der Waals surface area contributed by atoms with E-state index in [1.807, 2.05) is 14.1 Å². The van der Waals surface area contributed by atoms with Crippen molar-refractivity contribution in [1.29, 1.82) is 0 Å². The first kappa shape index (κ1) is 19.8. The minimum absolute atomic E-state index is 0.00671. The van der Waals surface area contributed by atoms with Crippen molar-refractivity contribution in [2.45, 2.75) is 30.1 Å². The molecule has 0 bridgehead atoms. The van der Waals surface area contributed by atoms with Crippen molar-refractivity contribution in [2.24, 2.45) is 16.7 Å². The van der Waals surface area contributed by atoms with Gasteiger partial charge in [-0.05, 0) is 56.1 Å².